The van der Waals surface area contributed by atoms with Crippen LogP contribution in [-0.4, -0.2) is 12.5 Å². The predicted molar refractivity (Wildman–Crippen MR) is 55.0 cm³/mol. The van der Waals surface area contributed by atoms with Gasteiger partial charge >= 0.3 is 0 Å². The third-order valence-electron chi connectivity index (χ3n) is 1.69. The van der Waals surface area contributed by atoms with Gasteiger partial charge in [0.15, 0.2) is 0 Å². The summed E-state index contributed by atoms with van der Waals surface area (Å²) in [6.07, 6.45) is 4.44. The van der Waals surface area contributed by atoms with E-state index in [1.807, 2.05) is 17.6 Å². The van der Waals surface area contributed by atoms with Gasteiger partial charge in [-0.15, -0.1) is 0 Å². The lowest BCUT2D eigenvalue weighted by molar-refractivity contribution is 0.112. The quantitative estimate of drug-likeness (QED) is 0.636. The first-order valence-corrected chi connectivity index (χ1v) is 4.73. The Hall–Kier alpha value is -1.35. The monoisotopic (exact) mass is 189 g/mol. The highest BCUT2D eigenvalue weighted by Crippen LogP contribution is 2.32. The second kappa shape index (κ2) is 3.58. The summed E-state index contributed by atoms with van der Waals surface area (Å²) in [7, 11) is 0. The highest BCUT2D eigenvalue weighted by Gasteiger charge is 2.02. The van der Waals surface area contributed by atoms with Gasteiger partial charge in [0, 0.05) is 16.7 Å². The second-order valence-corrected chi connectivity index (χ2v) is 3.52. The minimum Gasteiger partial charge on any atom is -0.298 e. The lowest BCUT2D eigenvalue weighted by Gasteiger charge is -2.00. The molecule has 3 heteroatoms. The van der Waals surface area contributed by atoms with Crippen LogP contribution in [0.15, 0.2) is 39.6 Å². The number of benzene rings is 1. The van der Waals surface area contributed by atoms with Crippen molar-refractivity contribution in [2.45, 2.75) is 4.90 Å². The van der Waals surface area contributed by atoms with Gasteiger partial charge in [0.1, 0.15) is 6.29 Å². The summed E-state index contributed by atoms with van der Waals surface area (Å²) < 4.78 is 0. The van der Waals surface area contributed by atoms with Crippen LogP contribution >= 0.6 is 11.8 Å². The fraction of sp³-hybridized carbons (Fsp3) is 0. The molecule has 1 aliphatic heterocycles. The molecule has 0 aromatic heterocycles. The number of hydrogen-bond acceptors (Lipinski definition) is 3. The van der Waals surface area contributed by atoms with E-state index < -0.39 is 0 Å². The molecule has 0 saturated carbocycles. The third-order valence-corrected chi connectivity index (χ3v) is 2.58. The Labute approximate surface area is 80.4 Å². The molecule has 0 bridgehead atoms. The Balaban J connectivity index is 2.51. The van der Waals surface area contributed by atoms with Crippen molar-refractivity contribution in [3.05, 3.63) is 35.2 Å². The molecule has 0 radical (unpaired) electrons. The summed E-state index contributed by atoms with van der Waals surface area (Å²) in [4.78, 5) is 15.8. The number of thioether (sulfide) groups is 1. The van der Waals surface area contributed by atoms with Gasteiger partial charge in [-0.05, 0) is 23.6 Å². The maximum Gasteiger partial charge on any atom is 0.150 e. The molecule has 2 rings (SSSR count). The summed E-state index contributed by atoms with van der Waals surface area (Å²) in [5, 5.41) is 1.97. The minimum atomic E-state index is 0.665. The van der Waals surface area contributed by atoms with Crippen LogP contribution in [0.5, 0.6) is 0 Å². The van der Waals surface area contributed by atoms with E-state index in [1.54, 1.807) is 30.1 Å². The number of hydrogen-bond donors (Lipinski definition) is 0. The van der Waals surface area contributed by atoms with E-state index in [0.29, 0.717) is 5.56 Å². The smallest absolute Gasteiger partial charge is 0.150 e. The van der Waals surface area contributed by atoms with Gasteiger partial charge in [-0.1, -0.05) is 17.8 Å². The SMILES string of the molecule is O=Cc1ccc2c(c1)N=CC=CS2. The zero-order valence-corrected chi connectivity index (χ0v) is 7.62. The average molecular weight is 189 g/mol. The molecule has 1 aromatic carbocycles. The molecule has 2 nitrogen and oxygen atoms in total. The van der Waals surface area contributed by atoms with Gasteiger partial charge in [-0.2, -0.15) is 0 Å². The Morgan fingerprint density at radius 2 is 2.31 bits per heavy atom. The molecule has 1 heterocycles. The number of nitrogens with zero attached hydrogens (tertiary/aromatic N) is 1. The summed E-state index contributed by atoms with van der Waals surface area (Å²) in [5.74, 6) is 0. The van der Waals surface area contributed by atoms with Crippen LogP contribution in [0.4, 0.5) is 5.69 Å². The Morgan fingerprint density at radius 1 is 1.38 bits per heavy atom. The van der Waals surface area contributed by atoms with Gasteiger partial charge in [-0.3, -0.25) is 9.79 Å². The van der Waals surface area contributed by atoms with Crippen LogP contribution in [0.2, 0.25) is 0 Å². The molecule has 0 spiro atoms. The molecule has 0 aliphatic carbocycles. The largest absolute Gasteiger partial charge is 0.298 e. The van der Waals surface area contributed by atoms with E-state index in [1.165, 1.54) is 0 Å². The standard InChI is InChI=1S/C10H7NOS/c12-7-8-2-3-10-9(6-8)11-4-1-5-13-10/h1-7H. The first-order valence-electron chi connectivity index (χ1n) is 3.85. The zero-order chi connectivity index (χ0) is 9.10. The normalized spacial score (nSPS) is 13.5. The van der Waals surface area contributed by atoms with Gasteiger partial charge in [0.25, 0.3) is 0 Å². The summed E-state index contributed by atoms with van der Waals surface area (Å²) in [6.45, 7) is 0. The van der Waals surface area contributed by atoms with E-state index in [0.717, 1.165) is 16.9 Å². The fourth-order valence-corrected chi connectivity index (χ4v) is 1.75. The number of aldehydes is 1. The lowest BCUT2D eigenvalue weighted by Crippen LogP contribution is -1.79. The molecule has 0 N–H and O–H groups in total. The maximum atomic E-state index is 10.5. The van der Waals surface area contributed by atoms with E-state index in [9.17, 15) is 4.79 Å². The molecule has 1 aromatic rings. The Bertz CT molecular complexity index is 396. The van der Waals surface area contributed by atoms with Crippen molar-refractivity contribution in [3.8, 4) is 0 Å². The lowest BCUT2D eigenvalue weighted by atomic mass is 10.2. The van der Waals surface area contributed by atoms with Crippen molar-refractivity contribution < 1.29 is 4.79 Å². The van der Waals surface area contributed by atoms with Crippen molar-refractivity contribution in [2.24, 2.45) is 4.99 Å². The van der Waals surface area contributed by atoms with E-state index in [-0.39, 0.29) is 0 Å². The van der Waals surface area contributed by atoms with Crippen LogP contribution in [0.25, 0.3) is 0 Å². The number of rotatable bonds is 1. The Kier molecular flexibility index (Phi) is 2.27. The van der Waals surface area contributed by atoms with Crippen LogP contribution in [0.1, 0.15) is 10.4 Å². The molecule has 0 amide bonds. The van der Waals surface area contributed by atoms with Crippen molar-refractivity contribution in [1.82, 2.24) is 0 Å². The van der Waals surface area contributed by atoms with Crippen LogP contribution < -0.4 is 0 Å². The van der Waals surface area contributed by atoms with Crippen molar-refractivity contribution in [3.63, 3.8) is 0 Å². The van der Waals surface area contributed by atoms with Crippen LogP contribution in [-0.2, 0) is 0 Å². The molecular formula is C10H7NOS. The number of fused-ring (bicyclic) bond motifs is 1. The molecular weight excluding hydrogens is 182 g/mol. The summed E-state index contributed by atoms with van der Waals surface area (Å²) in [6, 6.07) is 5.50. The van der Waals surface area contributed by atoms with Gasteiger partial charge < -0.3 is 0 Å². The van der Waals surface area contributed by atoms with Gasteiger partial charge in [0.05, 0.1) is 5.69 Å². The topological polar surface area (TPSA) is 29.4 Å². The fourth-order valence-electron chi connectivity index (χ4n) is 1.08. The van der Waals surface area contributed by atoms with E-state index in [2.05, 4.69) is 4.99 Å². The van der Waals surface area contributed by atoms with Gasteiger partial charge in [-0.25, -0.2) is 0 Å². The molecule has 0 saturated heterocycles. The van der Waals surface area contributed by atoms with E-state index >= 15 is 0 Å². The first kappa shape index (κ1) is 8.26. The summed E-state index contributed by atoms with van der Waals surface area (Å²) in [5.41, 5.74) is 1.53. The highest BCUT2D eigenvalue weighted by molar-refractivity contribution is 8.02. The zero-order valence-electron chi connectivity index (χ0n) is 6.81. The van der Waals surface area contributed by atoms with Crippen molar-refractivity contribution in [2.75, 3.05) is 0 Å². The van der Waals surface area contributed by atoms with Crippen LogP contribution in [0.3, 0.4) is 0 Å². The number of carbonyl (C=O) groups excluding carboxylic acids is 1. The molecule has 0 fully saturated rings. The molecule has 64 valence electrons. The number of aliphatic imine (C=N–C) groups is 1. The predicted octanol–water partition coefficient (Wildman–Crippen LogP) is 2.82. The van der Waals surface area contributed by atoms with Gasteiger partial charge in [0.2, 0.25) is 0 Å². The average Bonchev–Trinajstić information content (AvgIpc) is 2.41. The summed E-state index contributed by atoms with van der Waals surface area (Å²) >= 11 is 1.61. The molecule has 13 heavy (non-hydrogen) atoms. The third kappa shape index (κ3) is 1.70. The number of carbonyl (C=O) groups is 1. The van der Waals surface area contributed by atoms with E-state index in [4.69, 9.17) is 0 Å². The minimum absolute atomic E-state index is 0.665. The maximum absolute atomic E-state index is 10.5. The molecule has 0 unspecified atom stereocenters. The molecule has 1 aliphatic rings. The van der Waals surface area contributed by atoms with Crippen LogP contribution in [0, 0.1) is 0 Å². The Morgan fingerprint density at radius 3 is 3.15 bits per heavy atom. The second-order valence-electron chi connectivity index (χ2n) is 2.57. The molecule has 0 atom stereocenters. The number of allylic oxidation sites excluding steroid dienone is 1. The van der Waals surface area contributed by atoms with Crippen molar-refractivity contribution >= 4 is 30.0 Å². The first-order chi connectivity index (χ1) is 6.40. The van der Waals surface area contributed by atoms with Crippen molar-refractivity contribution in [1.29, 1.82) is 0 Å². The highest BCUT2D eigenvalue weighted by atomic mass is 32.2.